The van der Waals surface area contributed by atoms with Crippen LogP contribution in [0.4, 0.5) is 5.69 Å². The van der Waals surface area contributed by atoms with Gasteiger partial charge in [-0.15, -0.1) is 0 Å². The first-order valence-electron chi connectivity index (χ1n) is 6.59. The summed E-state index contributed by atoms with van der Waals surface area (Å²) < 4.78 is 0. The molecule has 0 spiro atoms. The summed E-state index contributed by atoms with van der Waals surface area (Å²) in [5, 5.41) is 4.23. The fraction of sp³-hybridized carbons (Fsp3) is 0.643. The third-order valence-corrected chi connectivity index (χ3v) is 4.06. The molecule has 0 aliphatic heterocycles. The van der Waals surface area contributed by atoms with Gasteiger partial charge in [-0.1, -0.05) is 37.8 Å². The van der Waals surface area contributed by atoms with E-state index < -0.39 is 0 Å². The maximum absolute atomic E-state index is 5.88. The molecule has 94 valence electrons. The fourth-order valence-electron chi connectivity index (χ4n) is 2.76. The van der Waals surface area contributed by atoms with Crippen LogP contribution in [0.5, 0.6) is 0 Å². The first kappa shape index (κ1) is 12.7. The zero-order valence-electron chi connectivity index (χ0n) is 10.7. The molecule has 1 aromatic rings. The van der Waals surface area contributed by atoms with E-state index in [0.717, 1.165) is 11.6 Å². The number of anilines is 1. The highest BCUT2D eigenvalue weighted by atomic mass is 35.5. The van der Waals surface area contributed by atoms with Gasteiger partial charge in [0.05, 0.1) is 11.9 Å². The van der Waals surface area contributed by atoms with Gasteiger partial charge in [0, 0.05) is 6.04 Å². The third kappa shape index (κ3) is 3.12. The van der Waals surface area contributed by atoms with Gasteiger partial charge < -0.3 is 5.32 Å². The van der Waals surface area contributed by atoms with E-state index >= 15 is 0 Å². The molecule has 1 saturated carbocycles. The van der Waals surface area contributed by atoms with Gasteiger partial charge >= 0.3 is 0 Å². The predicted octanol–water partition coefficient (Wildman–Crippen LogP) is 4.42. The van der Waals surface area contributed by atoms with Crippen LogP contribution in [0, 0.1) is 12.8 Å². The van der Waals surface area contributed by atoms with Gasteiger partial charge in [-0.3, -0.25) is 0 Å². The quantitative estimate of drug-likeness (QED) is 0.806. The molecule has 0 bridgehead atoms. The number of aromatic nitrogens is 1. The molecule has 1 aliphatic carbocycles. The number of pyridine rings is 1. The minimum Gasteiger partial charge on any atom is -0.381 e. The van der Waals surface area contributed by atoms with Crippen molar-refractivity contribution in [3.63, 3.8) is 0 Å². The molecule has 17 heavy (non-hydrogen) atoms. The van der Waals surface area contributed by atoms with Crippen LogP contribution in [0.15, 0.2) is 12.3 Å². The van der Waals surface area contributed by atoms with E-state index in [-0.39, 0.29) is 0 Å². The van der Waals surface area contributed by atoms with Crippen molar-refractivity contribution in [2.45, 2.75) is 52.0 Å². The van der Waals surface area contributed by atoms with Crippen LogP contribution < -0.4 is 5.32 Å². The monoisotopic (exact) mass is 252 g/mol. The van der Waals surface area contributed by atoms with E-state index in [2.05, 4.69) is 24.1 Å². The van der Waals surface area contributed by atoms with Crippen LogP contribution in [-0.4, -0.2) is 11.0 Å². The molecule has 0 aromatic carbocycles. The first-order valence-corrected chi connectivity index (χ1v) is 6.97. The SMILES string of the molecule is CCC1CCCCC1Nc1cnc(Cl)cc1C. The Bertz CT molecular complexity index is 378. The van der Waals surface area contributed by atoms with E-state index in [0.29, 0.717) is 11.2 Å². The zero-order chi connectivity index (χ0) is 12.3. The second kappa shape index (κ2) is 5.72. The molecule has 2 nitrogen and oxygen atoms in total. The van der Waals surface area contributed by atoms with Crippen molar-refractivity contribution in [1.82, 2.24) is 4.98 Å². The van der Waals surface area contributed by atoms with Crippen LogP contribution in [0.25, 0.3) is 0 Å². The molecular weight excluding hydrogens is 232 g/mol. The van der Waals surface area contributed by atoms with Crippen molar-refractivity contribution in [2.75, 3.05) is 5.32 Å². The average molecular weight is 253 g/mol. The van der Waals surface area contributed by atoms with E-state index in [1.807, 2.05) is 12.3 Å². The van der Waals surface area contributed by atoms with Gasteiger partial charge in [-0.25, -0.2) is 4.98 Å². The van der Waals surface area contributed by atoms with Gasteiger partial charge in [0.15, 0.2) is 0 Å². The molecule has 2 rings (SSSR count). The first-order chi connectivity index (χ1) is 8.20. The Kier molecular flexibility index (Phi) is 4.27. The summed E-state index contributed by atoms with van der Waals surface area (Å²) in [5.41, 5.74) is 2.32. The van der Waals surface area contributed by atoms with Crippen molar-refractivity contribution in [2.24, 2.45) is 5.92 Å². The Morgan fingerprint density at radius 3 is 2.88 bits per heavy atom. The van der Waals surface area contributed by atoms with Crippen molar-refractivity contribution in [3.8, 4) is 0 Å². The molecule has 1 N–H and O–H groups in total. The molecule has 2 atom stereocenters. The van der Waals surface area contributed by atoms with Gasteiger partial charge in [0.25, 0.3) is 0 Å². The van der Waals surface area contributed by atoms with Gasteiger partial charge in [0.2, 0.25) is 0 Å². The third-order valence-electron chi connectivity index (χ3n) is 3.85. The molecular formula is C14H21ClN2. The Balaban J connectivity index is 2.08. The Labute approximate surface area is 109 Å². The molecule has 1 aromatic heterocycles. The number of rotatable bonds is 3. The smallest absolute Gasteiger partial charge is 0.129 e. The number of halogens is 1. The van der Waals surface area contributed by atoms with Crippen LogP contribution >= 0.6 is 11.6 Å². The summed E-state index contributed by atoms with van der Waals surface area (Å²) in [4.78, 5) is 4.16. The van der Waals surface area contributed by atoms with Gasteiger partial charge in [-0.05, 0) is 37.3 Å². The van der Waals surface area contributed by atoms with Crippen molar-refractivity contribution >= 4 is 17.3 Å². The number of aryl methyl sites for hydroxylation is 1. The molecule has 0 amide bonds. The van der Waals surface area contributed by atoms with Gasteiger partial charge in [0.1, 0.15) is 5.15 Å². The average Bonchev–Trinajstić information content (AvgIpc) is 2.33. The topological polar surface area (TPSA) is 24.9 Å². The van der Waals surface area contributed by atoms with Crippen LogP contribution in [0.2, 0.25) is 5.15 Å². The maximum atomic E-state index is 5.88. The molecule has 1 fully saturated rings. The van der Waals surface area contributed by atoms with Gasteiger partial charge in [-0.2, -0.15) is 0 Å². The van der Waals surface area contributed by atoms with E-state index in [9.17, 15) is 0 Å². The van der Waals surface area contributed by atoms with Crippen LogP contribution in [-0.2, 0) is 0 Å². The lowest BCUT2D eigenvalue weighted by molar-refractivity contribution is 0.317. The van der Waals surface area contributed by atoms with Crippen molar-refractivity contribution < 1.29 is 0 Å². The summed E-state index contributed by atoms with van der Waals surface area (Å²) >= 11 is 5.88. The minimum atomic E-state index is 0.573. The Hall–Kier alpha value is -0.760. The minimum absolute atomic E-state index is 0.573. The standard InChI is InChI=1S/C14H21ClN2/c1-3-11-6-4-5-7-12(11)17-13-9-16-14(15)8-10(13)2/h8-9,11-12,17H,3-7H2,1-2H3. The van der Waals surface area contributed by atoms with Crippen LogP contribution in [0.3, 0.4) is 0 Å². The zero-order valence-corrected chi connectivity index (χ0v) is 11.4. The second-order valence-electron chi connectivity index (χ2n) is 5.03. The Morgan fingerprint density at radius 2 is 2.18 bits per heavy atom. The van der Waals surface area contributed by atoms with E-state index in [4.69, 9.17) is 11.6 Å². The van der Waals surface area contributed by atoms with Crippen molar-refractivity contribution in [1.29, 1.82) is 0 Å². The molecule has 1 heterocycles. The normalized spacial score (nSPS) is 24.6. The predicted molar refractivity (Wildman–Crippen MR) is 73.6 cm³/mol. The highest BCUT2D eigenvalue weighted by Gasteiger charge is 2.23. The summed E-state index contributed by atoms with van der Waals surface area (Å²) in [7, 11) is 0. The van der Waals surface area contributed by atoms with E-state index in [1.165, 1.54) is 37.7 Å². The lowest BCUT2D eigenvalue weighted by atomic mass is 9.83. The highest BCUT2D eigenvalue weighted by molar-refractivity contribution is 6.29. The molecule has 2 unspecified atom stereocenters. The summed E-state index contributed by atoms with van der Waals surface area (Å²) in [6.07, 6.45) is 8.48. The second-order valence-corrected chi connectivity index (χ2v) is 5.41. The molecule has 1 aliphatic rings. The lowest BCUT2D eigenvalue weighted by Crippen LogP contribution is -2.32. The summed E-state index contributed by atoms with van der Waals surface area (Å²) in [5.74, 6) is 0.804. The number of hydrogen-bond acceptors (Lipinski definition) is 2. The van der Waals surface area contributed by atoms with Crippen molar-refractivity contribution in [3.05, 3.63) is 23.0 Å². The number of hydrogen-bond donors (Lipinski definition) is 1. The highest BCUT2D eigenvalue weighted by Crippen LogP contribution is 2.30. The maximum Gasteiger partial charge on any atom is 0.129 e. The molecule has 0 radical (unpaired) electrons. The van der Waals surface area contributed by atoms with Crippen LogP contribution in [0.1, 0.15) is 44.6 Å². The number of nitrogens with one attached hydrogen (secondary N) is 1. The Morgan fingerprint density at radius 1 is 1.41 bits per heavy atom. The fourth-order valence-corrected chi connectivity index (χ4v) is 2.97. The summed E-state index contributed by atoms with van der Waals surface area (Å²) in [6, 6.07) is 2.53. The largest absolute Gasteiger partial charge is 0.381 e. The molecule has 3 heteroatoms. The van der Waals surface area contributed by atoms with E-state index in [1.54, 1.807) is 0 Å². The number of nitrogens with zero attached hydrogens (tertiary/aromatic N) is 1. The summed E-state index contributed by atoms with van der Waals surface area (Å²) in [6.45, 7) is 4.37. The molecule has 0 saturated heterocycles. The lowest BCUT2D eigenvalue weighted by Gasteiger charge is -2.32.